The zero-order valence-corrected chi connectivity index (χ0v) is 8.35. The molecule has 0 amide bonds. The molecule has 2 atom stereocenters. The Bertz CT molecular complexity index is 269. The van der Waals surface area contributed by atoms with Gasteiger partial charge in [0, 0.05) is 12.5 Å². The minimum absolute atomic E-state index is 0.0222. The van der Waals surface area contributed by atoms with Crippen molar-refractivity contribution in [2.24, 2.45) is 5.92 Å². The summed E-state index contributed by atoms with van der Waals surface area (Å²) in [5.41, 5.74) is 0. The molecule has 0 aliphatic carbocycles. The molecular formula is C8H15NO3S. The first-order chi connectivity index (χ1) is 6.17. The van der Waals surface area contributed by atoms with Crippen LogP contribution in [-0.2, 0) is 14.6 Å². The zero-order chi connectivity index (χ0) is 9.31. The van der Waals surface area contributed by atoms with E-state index in [1.165, 1.54) is 0 Å². The Morgan fingerprint density at radius 3 is 2.77 bits per heavy atom. The van der Waals surface area contributed by atoms with E-state index >= 15 is 0 Å². The number of rotatable bonds is 1. The molecule has 0 aromatic carbocycles. The number of ether oxygens (including phenoxy) is 1. The van der Waals surface area contributed by atoms with Crippen LogP contribution in [0.5, 0.6) is 0 Å². The van der Waals surface area contributed by atoms with Crippen molar-refractivity contribution in [3.63, 3.8) is 0 Å². The fourth-order valence-electron chi connectivity index (χ4n) is 1.95. The molecule has 2 fully saturated rings. The monoisotopic (exact) mass is 205 g/mol. The smallest absolute Gasteiger partial charge is 0.150 e. The zero-order valence-electron chi connectivity index (χ0n) is 7.53. The first-order valence-corrected chi connectivity index (χ1v) is 6.55. The summed E-state index contributed by atoms with van der Waals surface area (Å²) in [6.45, 7) is 1.70. The van der Waals surface area contributed by atoms with E-state index in [0.29, 0.717) is 11.5 Å². The van der Waals surface area contributed by atoms with Crippen molar-refractivity contribution in [3.8, 4) is 0 Å². The number of hydrogen-bond acceptors (Lipinski definition) is 4. The highest BCUT2D eigenvalue weighted by molar-refractivity contribution is 7.91. The average molecular weight is 205 g/mol. The second kappa shape index (κ2) is 3.55. The van der Waals surface area contributed by atoms with E-state index in [0.717, 1.165) is 26.0 Å². The standard InChI is InChI=1S/C8H15NO3S/c10-13(11)5-2-7(6-13)8-9-3-1-4-12-8/h7-9H,1-6H2. The fourth-order valence-corrected chi connectivity index (χ4v) is 3.77. The van der Waals surface area contributed by atoms with E-state index < -0.39 is 9.84 Å². The van der Waals surface area contributed by atoms with E-state index in [1.54, 1.807) is 0 Å². The summed E-state index contributed by atoms with van der Waals surface area (Å²) in [6, 6.07) is 0. The van der Waals surface area contributed by atoms with E-state index in [-0.39, 0.29) is 12.1 Å². The van der Waals surface area contributed by atoms with Crippen LogP contribution in [0.15, 0.2) is 0 Å². The predicted molar refractivity (Wildman–Crippen MR) is 49.1 cm³/mol. The molecule has 2 saturated heterocycles. The van der Waals surface area contributed by atoms with E-state index in [9.17, 15) is 8.42 Å². The fraction of sp³-hybridized carbons (Fsp3) is 1.00. The molecule has 0 bridgehead atoms. The third-order valence-electron chi connectivity index (χ3n) is 2.66. The Labute approximate surface area is 78.6 Å². The van der Waals surface area contributed by atoms with Crippen LogP contribution in [0, 0.1) is 5.92 Å². The van der Waals surface area contributed by atoms with Gasteiger partial charge in [-0.15, -0.1) is 0 Å². The molecule has 0 spiro atoms. The molecule has 2 aliphatic rings. The van der Waals surface area contributed by atoms with Crippen LogP contribution in [0.2, 0.25) is 0 Å². The molecule has 13 heavy (non-hydrogen) atoms. The van der Waals surface area contributed by atoms with Gasteiger partial charge in [-0.1, -0.05) is 0 Å². The molecule has 2 heterocycles. The van der Waals surface area contributed by atoms with Gasteiger partial charge in [-0.05, 0) is 19.4 Å². The second-order valence-corrected chi connectivity index (χ2v) is 5.99. The second-order valence-electron chi connectivity index (χ2n) is 3.76. The average Bonchev–Trinajstić information content (AvgIpc) is 2.48. The highest BCUT2D eigenvalue weighted by atomic mass is 32.2. The Kier molecular flexibility index (Phi) is 2.58. The van der Waals surface area contributed by atoms with Crippen molar-refractivity contribution >= 4 is 9.84 Å². The largest absolute Gasteiger partial charge is 0.363 e. The lowest BCUT2D eigenvalue weighted by atomic mass is 10.1. The molecule has 4 nitrogen and oxygen atoms in total. The van der Waals surface area contributed by atoms with Crippen LogP contribution >= 0.6 is 0 Å². The van der Waals surface area contributed by atoms with Crippen LogP contribution in [0.1, 0.15) is 12.8 Å². The van der Waals surface area contributed by atoms with Crippen molar-refractivity contribution in [3.05, 3.63) is 0 Å². The molecule has 5 heteroatoms. The molecule has 0 aromatic rings. The first kappa shape index (κ1) is 9.43. The first-order valence-electron chi connectivity index (χ1n) is 4.73. The lowest BCUT2D eigenvalue weighted by molar-refractivity contribution is -0.0293. The van der Waals surface area contributed by atoms with Crippen LogP contribution in [0.3, 0.4) is 0 Å². The van der Waals surface area contributed by atoms with Crippen LogP contribution in [-0.4, -0.2) is 39.3 Å². The summed E-state index contributed by atoms with van der Waals surface area (Å²) in [5, 5.41) is 3.21. The highest BCUT2D eigenvalue weighted by Crippen LogP contribution is 2.23. The Hall–Kier alpha value is -0.130. The van der Waals surface area contributed by atoms with Crippen LogP contribution in [0.25, 0.3) is 0 Å². The van der Waals surface area contributed by atoms with Gasteiger partial charge in [0.25, 0.3) is 0 Å². The maximum absolute atomic E-state index is 11.2. The summed E-state index contributed by atoms with van der Waals surface area (Å²) in [4.78, 5) is 0. The lowest BCUT2D eigenvalue weighted by Crippen LogP contribution is -2.43. The Balaban J connectivity index is 1.95. The summed E-state index contributed by atoms with van der Waals surface area (Å²) in [7, 11) is -2.76. The molecule has 1 N–H and O–H groups in total. The minimum atomic E-state index is -2.76. The summed E-state index contributed by atoms with van der Waals surface area (Å²) in [6.07, 6.45) is 1.75. The van der Waals surface area contributed by atoms with Gasteiger partial charge in [0.05, 0.1) is 11.5 Å². The van der Waals surface area contributed by atoms with Crippen LogP contribution in [0.4, 0.5) is 0 Å². The topological polar surface area (TPSA) is 55.4 Å². The summed E-state index contributed by atoms with van der Waals surface area (Å²) in [5.74, 6) is 0.800. The summed E-state index contributed by atoms with van der Waals surface area (Å²) >= 11 is 0. The molecule has 0 saturated carbocycles. The number of hydrogen-bond donors (Lipinski definition) is 1. The van der Waals surface area contributed by atoms with Gasteiger partial charge in [0.15, 0.2) is 9.84 Å². The minimum Gasteiger partial charge on any atom is -0.363 e. The van der Waals surface area contributed by atoms with Crippen molar-refractivity contribution in [1.29, 1.82) is 0 Å². The van der Waals surface area contributed by atoms with Gasteiger partial charge in [0.2, 0.25) is 0 Å². The van der Waals surface area contributed by atoms with Gasteiger partial charge in [-0.25, -0.2) is 8.42 Å². The molecular weight excluding hydrogens is 190 g/mol. The molecule has 2 rings (SSSR count). The summed E-state index contributed by atoms with van der Waals surface area (Å²) < 4.78 is 27.9. The molecule has 0 radical (unpaired) electrons. The molecule has 2 aliphatic heterocycles. The van der Waals surface area contributed by atoms with Crippen molar-refractivity contribution in [1.82, 2.24) is 5.32 Å². The van der Waals surface area contributed by atoms with Gasteiger partial charge in [-0.3, -0.25) is 5.32 Å². The number of sulfone groups is 1. The number of nitrogens with one attached hydrogen (secondary N) is 1. The maximum Gasteiger partial charge on any atom is 0.150 e. The molecule has 2 unspecified atom stereocenters. The molecule has 0 aromatic heterocycles. The lowest BCUT2D eigenvalue weighted by Gasteiger charge is -2.28. The Morgan fingerprint density at radius 1 is 1.38 bits per heavy atom. The molecule has 76 valence electrons. The van der Waals surface area contributed by atoms with Crippen molar-refractivity contribution in [2.45, 2.75) is 19.1 Å². The van der Waals surface area contributed by atoms with E-state index in [2.05, 4.69) is 5.32 Å². The van der Waals surface area contributed by atoms with E-state index in [4.69, 9.17) is 4.74 Å². The third-order valence-corrected chi connectivity index (χ3v) is 4.45. The van der Waals surface area contributed by atoms with Gasteiger partial charge in [0.1, 0.15) is 6.23 Å². The predicted octanol–water partition coefficient (Wildman–Crippen LogP) is -0.243. The quantitative estimate of drug-likeness (QED) is 0.642. The van der Waals surface area contributed by atoms with Gasteiger partial charge < -0.3 is 4.74 Å². The van der Waals surface area contributed by atoms with Gasteiger partial charge >= 0.3 is 0 Å². The normalized spacial score (nSPS) is 39.1. The SMILES string of the molecule is O=S1(=O)CCC(C2NCCCO2)C1. The van der Waals surface area contributed by atoms with Crippen molar-refractivity contribution in [2.75, 3.05) is 24.7 Å². The van der Waals surface area contributed by atoms with E-state index in [1.807, 2.05) is 0 Å². The third kappa shape index (κ3) is 2.21. The highest BCUT2D eigenvalue weighted by Gasteiger charge is 2.34. The van der Waals surface area contributed by atoms with Crippen molar-refractivity contribution < 1.29 is 13.2 Å². The maximum atomic E-state index is 11.2. The Morgan fingerprint density at radius 2 is 2.23 bits per heavy atom. The van der Waals surface area contributed by atoms with Gasteiger partial charge in [-0.2, -0.15) is 0 Å². The van der Waals surface area contributed by atoms with Crippen LogP contribution < -0.4 is 5.32 Å².